The number of esters is 1. The first-order valence-corrected chi connectivity index (χ1v) is 12.9. The number of nitrogens with one attached hydrogen (secondary N) is 3. The first-order chi connectivity index (χ1) is 16.0. The highest BCUT2D eigenvalue weighted by atomic mass is 32.2. The van der Waals surface area contributed by atoms with Crippen LogP contribution in [0.25, 0.3) is 0 Å². The maximum Gasteiger partial charge on any atom is 0.338 e. The zero-order chi connectivity index (χ0) is 23.4. The van der Waals surface area contributed by atoms with Gasteiger partial charge < -0.3 is 29.8 Å². The number of H-pyrrole nitrogens is 1. The lowest BCUT2D eigenvalue weighted by molar-refractivity contribution is -0.139. The van der Waals surface area contributed by atoms with E-state index in [4.69, 9.17) is 14.2 Å². The minimum atomic E-state index is -0.682. The van der Waals surface area contributed by atoms with Crippen LogP contribution in [0.4, 0.5) is 4.79 Å². The second-order valence-corrected chi connectivity index (χ2v) is 9.35. The molecule has 9 nitrogen and oxygen atoms in total. The summed E-state index contributed by atoms with van der Waals surface area (Å²) in [5.41, 5.74) is 3.60. The number of fused-ring (bicyclic) bond motifs is 1. The number of carbonyl (C=O) groups is 2. The molecule has 4 rings (SSSR count). The van der Waals surface area contributed by atoms with Gasteiger partial charge in [0.25, 0.3) is 0 Å². The van der Waals surface area contributed by atoms with E-state index in [0.717, 1.165) is 28.7 Å². The predicted molar refractivity (Wildman–Crippen MR) is 127 cm³/mol. The molecule has 2 amide bonds. The number of aromatic amines is 1. The molecule has 0 spiro atoms. The van der Waals surface area contributed by atoms with Crippen molar-refractivity contribution in [1.82, 2.24) is 20.6 Å². The van der Waals surface area contributed by atoms with Crippen LogP contribution < -0.4 is 20.1 Å². The monoisotopic (exact) mass is 490 g/mol. The number of urea groups is 1. The number of aryl methyl sites for hydroxylation is 2. The van der Waals surface area contributed by atoms with Gasteiger partial charge in [-0.15, -0.1) is 0 Å². The number of benzene rings is 1. The first kappa shape index (κ1) is 23.4. The summed E-state index contributed by atoms with van der Waals surface area (Å²) in [6, 6.07) is 4.28. The molecular weight excluding hydrogens is 464 g/mol. The van der Waals surface area contributed by atoms with E-state index < -0.39 is 18.0 Å². The van der Waals surface area contributed by atoms with Gasteiger partial charge in [-0.05, 0) is 43.6 Å². The van der Waals surface area contributed by atoms with Crippen molar-refractivity contribution in [3.05, 3.63) is 46.4 Å². The number of ether oxygens (including phenoxy) is 3. The molecule has 0 bridgehead atoms. The molecule has 2 aromatic rings. The number of thioether (sulfide) groups is 2. The summed E-state index contributed by atoms with van der Waals surface area (Å²) in [5, 5.41) is 6.37. The van der Waals surface area contributed by atoms with E-state index in [1.807, 2.05) is 13.0 Å². The Balaban J connectivity index is 1.63. The van der Waals surface area contributed by atoms with E-state index in [2.05, 4.69) is 26.9 Å². The molecule has 0 radical (unpaired) electrons. The smallest absolute Gasteiger partial charge is 0.338 e. The molecule has 11 heteroatoms. The Labute approximate surface area is 200 Å². The molecular formula is C22H26N4O5S2. The maximum absolute atomic E-state index is 13.0. The molecule has 0 saturated carbocycles. The SMILES string of the molecule is CCOC(=O)C1=C(CSc2nc(CCSC)c(C)[nH]2)NC(=O)NC1c1ccc2c(c1)OCO2. The quantitative estimate of drug-likeness (QED) is 0.362. The van der Waals surface area contributed by atoms with Crippen molar-refractivity contribution in [2.24, 2.45) is 0 Å². The Kier molecular flexibility index (Phi) is 7.39. The molecule has 2 aliphatic rings. The molecule has 176 valence electrons. The minimum Gasteiger partial charge on any atom is -0.463 e. The van der Waals surface area contributed by atoms with Crippen molar-refractivity contribution in [2.75, 3.05) is 31.2 Å². The molecule has 3 N–H and O–H groups in total. The van der Waals surface area contributed by atoms with Gasteiger partial charge in [0, 0.05) is 23.6 Å². The predicted octanol–water partition coefficient (Wildman–Crippen LogP) is 3.32. The van der Waals surface area contributed by atoms with Crippen LogP contribution in [0.2, 0.25) is 0 Å². The Morgan fingerprint density at radius 3 is 2.91 bits per heavy atom. The van der Waals surface area contributed by atoms with E-state index in [0.29, 0.717) is 34.1 Å². The van der Waals surface area contributed by atoms with Crippen LogP contribution in [0.5, 0.6) is 11.5 Å². The zero-order valence-corrected chi connectivity index (χ0v) is 20.3. The molecule has 1 aromatic heterocycles. The molecule has 0 saturated heterocycles. The zero-order valence-electron chi connectivity index (χ0n) is 18.6. The van der Waals surface area contributed by atoms with Crippen LogP contribution >= 0.6 is 23.5 Å². The summed E-state index contributed by atoms with van der Waals surface area (Å²) in [6.45, 7) is 4.11. The molecule has 0 fully saturated rings. The number of aromatic nitrogens is 2. The van der Waals surface area contributed by atoms with Crippen LogP contribution in [0.1, 0.15) is 29.9 Å². The number of rotatable bonds is 9. The van der Waals surface area contributed by atoms with Crippen LogP contribution in [0.3, 0.4) is 0 Å². The summed E-state index contributed by atoms with van der Waals surface area (Å²) in [6.07, 6.45) is 2.95. The topological polar surface area (TPSA) is 115 Å². The van der Waals surface area contributed by atoms with E-state index >= 15 is 0 Å². The van der Waals surface area contributed by atoms with Gasteiger partial charge >= 0.3 is 12.0 Å². The summed E-state index contributed by atoms with van der Waals surface area (Å²) >= 11 is 3.20. The molecule has 1 aromatic carbocycles. The van der Waals surface area contributed by atoms with Gasteiger partial charge in [-0.3, -0.25) is 0 Å². The molecule has 33 heavy (non-hydrogen) atoms. The molecule has 0 aliphatic carbocycles. The van der Waals surface area contributed by atoms with E-state index in [1.54, 1.807) is 30.8 Å². The Morgan fingerprint density at radius 2 is 2.12 bits per heavy atom. The van der Waals surface area contributed by atoms with Crippen LogP contribution in [0, 0.1) is 6.92 Å². The van der Waals surface area contributed by atoms with Gasteiger partial charge in [0.05, 0.1) is 23.9 Å². The largest absolute Gasteiger partial charge is 0.463 e. The first-order valence-electron chi connectivity index (χ1n) is 10.5. The van der Waals surface area contributed by atoms with Crippen molar-refractivity contribution in [2.45, 2.75) is 31.5 Å². The standard InChI is InChI=1S/C22H26N4O5S2/c1-4-29-20(27)18-15(10-33-22-23-12(2)14(25-22)7-8-32-3)24-21(28)26-19(18)13-5-6-16-17(9-13)31-11-30-16/h5-6,9,19H,4,7-8,10-11H2,1-3H3,(H,23,25)(H2,24,26,28). The molecule has 3 heterocycles. The average Bonchev–Trinajstić information content (AvgIpc) is 3.41. The number of nitrogens with zero attached hydrogens (tertiary/aromatic N) is 1. The van der Waals surface area contributed by atoms with E-state index in [9.17, 15) is 9.59 Å². The van der Waals surface area contributed by atoms with E-state index in [-0.39, 0.29) is 13.4 Å². The number of carbonyl (C=O) groups excluding carboxylic acids is 2. The lowest BCUT2D eigenvalue weighted by atomic mass is 9.95. The Hall–Kier alpha value is -2.79. The highest BCUT2D eigenvalue weighted by Crippen LogP contribution is 2.37. The van der Waals surface area contributed by atoms with Crippen molar-refractivity contribution in [3.8, 4) is 11.5 Å². The second-order valence-electron chi connectivity index (χ2n) is 7.40. The third kappa shape index (κ3) is 5.25. The Morgan fingerprint density at radius 1 is 1.30 bits per heavy atom. The fraction of sp³-hybridized carbons (Fsp3) is 0.409. The van der Waals surface area contributed by atoms with Crippen molar-refractivity contribution in [3.63, 3.8) is 0 Å². The molecule has 1 unspecified atom stereocenters. The fourth-order valence-corrected chi connectivity index (χ4v) is 4.95. The number of imidazole rings is 1. The van der Waals surface area contributed by atoms with E-state index in [1.165, 1.54) is 11.8 Å². The Bertz CT molecular complexity index is 1080. The highest BCUT2D eigenvalue weighted by Gasteiger charge is 2.34. The summed E-state index contributed by atoms with van der Waals surface area (Å²) in [5.74, 6) is 2.05. The normalized spacial score (nSPS) is 17.1. The van der Waals surface area contributed by atoms with Crippen molar-refractivity contribution >= 4 is 35.5 Å². The maximum atomic E-state index is 13.0. The molecule has 2 aliphatic heterocycles. The third-order valence-electron chi connectivity index (χ3n) is 5.24. The lowest BCUT2D eigenvalue weighted by Crippen LogP contribution is -2.46. The molecule has 1 atom stereocenters. The van der Waals surface area contributed by atoms with Crippen LogP contribution in [-0.4, -0.2) is 53.1 Å². The number of hydrogen-bond donors (Lipinski definition) is 3. The summed E-state index contributed by atoms with van der Waals surface area (Å²) < 4.78 is 16.2. The third-order valence-corrected chi connectivity index (χ3v) is 6.75. The van der Waals surface area contributed by atoms with Gasteiger partial charge in [-0.2, -0.15) is 11.8 Å². The summed E-state index contributed by atoms with van der Waals surface area (Å²) in [4.78, 5) is 33.4. The second kappa shape index (κ2) is 10.4. The van der Waals surface area contributed by atoms with Gasteiger partial charge in [-0.1, -0.05) is 17.8 Å². The van der Waals surface area contributed by atoms with Crippen LogP contribution in [-0.2, 0) is 16.0 Å². The average molecular weight is 491 g/mol. The van der Waals surface area contributed by atoms with Gasteiger partial charge in [0.2, 0.25) is 6.79 Å². The van der Waals surface area contributed by atoms with Crippen molar-refractivity contribution < 1.29 is 23.8 Å². The lowest BCUT2D eigenvalue weighted by Gasteiger charge is -2.29. The van der Waals surface area contributed by atoms with Gasteiger partial charge in [0.15, 0.2) is 16.7 Å². The number of hydrogen-bond acceptors (Lipinski definition) is 8. The fourth-order valence-electron chi connectivity index (χ4n) is 3.64. The van der Waals surface area contributed by atoms with Crippen LogP contribution in [0.15, 0.2) is 34.6 Å². The summed E-state index contributed by atoms with van der Waals surface area (Å²) in [7, 11) is 0. The van der Waals surface area contributed by atoms with Gasteiger partial charge in [0.1, 0.15) is 0 Å². The van der Waals surface area contributed by atoms with Gasteiger partial charge in [-0.25, -0.2) is 14.6 Å². The minimum absolute atomic E-state index is 0.140. The van der Waals surface area contributed by atoms with Crippen molar-refractivity contribution in [1.29, 1.82) is 0 Å². The highest BCUT2D eigenvalue weighted by molar-refractivity contribution is 7.99. The number of amides is 2.